The summed E-state index contributed by atoms with van der Waals surface area (Å²) < 4.78 is 0. The number of rotatable bonds is 4. The highest BCUT2D eigenvalue weighted by atomic mass is 35.5. The van der Waals surface area contributed by atoms with E-state index in [1.54, 1.807) is 0 Å². The fourth-order valence-corrected chi connectivity index (χ4v) is 2.67. The second-order valence-electron chi connectivity index (χ2n) is 6.68. The summed E-state index contributed by atoms with van der Waals surface area (Å²) in [5, 5.41) is 6.60. The molecule has 2 aromatic carbocycles. The van der Waals surface area contributed by atoms with Crippen LogP contribution in [0.2, 0.25) is 5.02 Å². The Morgan fingerprint density at radius 1 is 1.09 bits per heavy atom. The molecule has 0 aliphatic heterocycles. The van der Waals surface area contributed by atoms with E-state index in [2.05, 4.69) is 37.5 Å². The van der Waals surface area contributed by atoms with Gasteiger partial charge >= 0.3 is 0 Å². The first-order chi connectivity index (χ1) is 10.8. The molecule has 0 radical (unpaired) electrons. The number of carbonyl (C=O) groups is 1. The average Bonchev–Trinajstić information content (AvgIpc) is 2.47. The van der Waals surface area contributed by atoms with Gasteiger partial charge in [-0.2, -0.15) is 0 Å². The number of para-hydroxylation sites is 1. The fraction of sp³-hybridized carbons (Fsp3) is 0.316. The summed E-state index contributed by atoms with van der Waals surface area (Å²) >= 11 is 6.14. The monoisotopic (exact) mass is 330 g/mol. The molecule has 0 aliphatic rings. The zero-order valence-electron chi connectivity index (χ0n) is 14.0. The predicted octanol–water partition coefficient (Wildman–Crippen LogP) is 5.00. The van der Waals surface area contributed by atoms with Crippen LogP contribution in [0.4, 0.5) is 11.4 Å². The Morgan fingerprint density at radius 3 is 2.43 bits per heavy atom. The highest BCUT2D eigenvalue weighted by Crippen LogP contribution is 2.29. The van der Waals surface area contributed by atoms with Crippen LogP contribution in [-0.4, -0.2) is 12.5 Å². The van der Waals surface area contributed by atoms with Crippen LogP contribution in [0.5, 0.6) is 0 Å². The highest BCUT2D eigenvalue weighted by molar-refractivity contribution is 6.33. The topological polar surface area (TPSA) is 41.1 Å². The van der Waals surface area contributed by atoms with E-state index in [0.29, 0.717) is 10.7 Å². The van der Waals surface area contributed by atoms with Crippen molar-refractivity contribution in [2.24, 2.45) is 0 Å². The molecule has 0 saturated carbocycles. The van der Waals surface area contributed by atoms with Gasteiger partial charge in [0.05, 0.1) is 17.3 Å². The predicted molar refractivity (Wildman–Crippen MR) is 98.5 cm³/mol. The highest BCUT2D eigenvalue weighted by Gasteiger charge is 2.17. The molecule has 0 saturated heterocycles. The molecule has 2 rings (SSSR count). The normalized spacial score (nSPS) is 11.2. The van der Waals surface area contributed by atoms with Crippen molar-refractivity contribution >= 4 is 28.9 Å². The maximum atomic E-state index is 12.2. The quantitative estimate of drug-likeness (QED) is 0.828. The first kappa shape index (κ1) is 17.4. The Balaban J connectivity index is 2.03. The van der Waals surface area contributed by atoms with Crippen molar-refractivity contribution in [3.8, 4) is 0 Å². The molecule has 0 bridgehead atoms. The number of anilines is 2. The molecule has 3 nitrogen and oxygen atoms in total. The minimum Gasteiger partial charge on any atom is -0.376 e. The van der Waals surface area contributed by atoms with Crippen LogP contribution in [0.25, 0.3) is 0 Å². The van der Waals surface area contributed by atoms with Gasteiger partial charge in [0.15, 0.2) is 0 Å². The summed E-state index contributed by atoms with van der Waals surface area (Å²) in [4.78, 5) is 12.2. The number of halogens is 1. The smallest absolute Gasteiger partial charge is 0.243 e. The molecule has 4 heteroatoms. The molecule has 2 aromatic rings. The zero-order valence-corrected chi connectivity index (χ0v) is 14.8. The van der Waals surface area contributed by atoms with Crippen molar-refractivity contribution in [3.63, 3.8) is 0 Å². The standard InChI is InChI=1S/C19H23ClN2O/c1-13-9-10-17(15(20)11-13)22-18(23)12-21-16-8-6-5-7-14(16)19(2,3)4/h5-11,21H,12H2,1-4H3,(H,22,23). The molecule has 122 valence electrons. The van der Waals surface area contributed by atoms with E-state index >= 15 is 0 Å². The van der Waals surface area contributed by atoms with Gasteiger partial charge in [0.25, 0.3) is 0 Å². The van der Waals surface area contributed by atoms with Gasteiger partial charge in [-0.3, -0.25) is 4.79 Å². The van der Waals surface area contributed by atoms with Gasteiger partial charge in [0, 0.05) is 5.69 Å². The molecular formula is C19H23ClN2O. The van der Waals surface area contributed by atoms with Crippen molar-refractivity contribution in [1.29, 1.82) is 0 Å². The minimum atomic E-state index is -0.125. The van der Waals surface area contributed by atoms with Gasteiger partial charge in [-0.1, -0.05) is 56.6 Å². The molecule has 23 heavy (non-hydrogen) atoms. The zero-order chi connectivity index (χ0) is 17.0. The van der Waals surface area contributed by atoms with E-state index < -0.39 is 0 Å². The van der Waals surface area contributed by atoms with Crippen molar-refractivity contribution in [2.45, 2.75) is 33.1 Å². The van der Waals surface area contributed by atoms with E-state index in [-0.39, 0.29) is 17.9 Å². The van der Waals surface area contributed by atoms with E-state index in [1.165, 1.54) is 5.56 Å². The van der Waals surface area contributed by atoms with E-state index in [9.17, 15) is 4.79 Å². The first-order valence-electron chi connectivity index (χ1n) is 7.67. The Kier molecular flexibility index (Phi) is 5.32. The lowest BCUT2D eigenvalue weighted by Crippen LogP contribution is -2.23. The van der Waals surface area contributed by atoms with Crippen molar-refractivity contribution in [3.05, 3.63) is 58.6 Å². The number of aryl methyl sites for hydroxylation is 1. The lowest BCUT2D eigenvalue weighted by Gasteiger charge is -2.23. The van der Waals surface area contributed by atoms with Crippen LogP contribution in [0, 0.1) is 6.92 Å². The van der Waals surface area contributed by atoms with E-state index in [1.807, 2.05) is 43.3 Å². The first-order valence-corrected chi connectivity index (χ1v) is 8.04. The number of hydrogen-bond donors (Lipinski definition) is 2. The number of carbonyl (C=O) groups excluding carboxylic acids is 1. The Hall–Kier alpha value is -2.00. The van der Waals surface area contributed by atoms with Crippen molar-refractivity contribution in [1.82, 2.24) is 0 Å². The van der Waals surface area contributed by atoms with Crippen LogP contribution in [0.1, 0.15) is 31.9 Å². The Labute approximate surface area is 143 Å². The molecule has 2 N–H and O–H groups in total. The maximum Gasteiger partial charge on any atom is 0.243 e. The summed E-state index contributed by atoms with van der Waals surface area (Å²) in [7, 11) is 0. The van der Waals surface area contributed by atoms with Crippen molar-refractivity contribution < 1.29 is 4.79 Å². The molecule has 0 fully saturated rings. The van der Waals surface area contributed by atoms with Gasteiger partial charge in [-0.25, -0.2) is 0 Å². The molecule has 0 heterocycles. The molecule has 0 aromatic heterocycles. The lowest BCUT2D eigenvalue weighted by molar-refractivity contribution is -0.114. The minimum absolute atomic E-state index is 0.0142. The third-order valence-electron chi connectivity index (χ3n) is 3.57. The number of benzene rings is 2. The molecule has 0 unspecified atom stereocenters. The van der Waals surface area contributed by atoms with Crippen molar-refractivity contribution in [2.75, 3.05) is 17.2 Å². The molecule has 1 amide bonds. The summed E-state index contributed by atoms with van der Waals surface area (Å²) in [5.41, 5.74) is 3.87. The second kappa shape index (κ2) is 7.05. The molecule has 0 spiro atoms. The van der Waals surface area contributed by atoms with Gasteiger partial charge in [0.1, 0.15) is 0 Å². The van der Waals surface area contributed by atoms with E-state index in [4.69, 9.17) is 11.6 Å². The third-order valence-corrected chi connectivity index (χ3v) is 3.89. The van der Waals surface area contributed by atoms with Gasteiger partial charge < -0.3 is 10.6 Å². The fourth-order valence-electron chi connectivity index (χ4n) is 2.38. The number of hydrogen-bond acceptors (Lipinski definition) is 2. The Bertz CT molecular complexity index is 705. The van der Waals surface area contributed by atoms with Crippen LogP contribution in [0.15, 0.2) is 42.5 Å². The van der Waals surface area contributed by atoms with Gasteiger partial charge in [0.2, 0.25) is 5.91 Å². The summed E-state index contributed by atoms with van der Waals surface area (Å²) in [5.74, 6) is -0.125. The van der Waals surface area contributed by atoms with Gasteiger partial charge in [-0.05, 0) is 41.7 Å². The lowest BCUT2D eigenvalue weighted by atomic mass is 9.86. The third kappa shape index (κ3) is 4.73. The van der Waals surface area contributed by atoms with Crippen LogP contribution < -0.4 is 10.6 Å². The summed E-state index contributed by atoms with van der Waals surface area (Å²) in [6, 6.07) is 13.6. The Morgan fingerprint density at radius 2 is 1.78 bits per heavy atom. The second-order valence-corrected chi connectivity index (χ2v) is 7.09. The molecule has 0 atom stereocenters. The average molecular weight is 331 g/mol. The summed E-state index contributed by atoms with van der Waals surface area (Å²) in [6.07, 6.45) is 0. The largest absolute Gasteiger partial charge is 0.376 e. The van der Waals surface area contributed by atoms with Crippen LogP contribution in [0.3, 0.4) is 0 Å². The SMILES string of the molecule is Cc1ccc(NC(=O)CNc2ccccc2C(C)(C)C)c(Cl)c1. The summed E-state index contributed by atoms with van der Waals surface area (Å²) in [6.45, 7) is 8.61. The molecule has 0 aliphatic carbocycles. The number of amides is 1. The maximum absolute atomic E-state index is 12.2. The van der Waals surface area contributed by atoms with Crippen LogP contribution >= 0.6 is 11.6 Å². The van der Waals surface area contributed by atoms with Gasteiger partial charge in [-0.15, -0.1) is 0 Å². The molecular weight excluding hydrogens is 308 g/mol. The van der Waals surface area contributed by atoms with Crippen LogP contribution in [-0.2, 0) is 10.2 Å². The van der Waals surface area contributed by atoms with E-state index in [0.717, 1.165) is 11.3 Å². The number of nitrogens with one attached hydrogen (secondary N) is 2.